The maximum Gasteiger partial charge on any atom is 0.308 e. The van der Waals surface area contributed by atoms with Gasteiger partial charge in [-0.25, -0.2) is 0 Å². The first-order valence-electron chi connectivity index (χ1n) is 5.76. The number of hydrogen-bond donors (Lipinski definition) is 0. The normalized spacial score (nSPS) is 25.2. The van der Waals surface area contributed by atoms with Gasteiger partial charge in [-0.15, -0.1) is 11.3 Å². The molecule has 2 nitrogen and oxygen atoms in total. The molecule has 0 aliphatic heterocycles. The zero-order valence-corrected chi connectivity index (χ0v) is 10.8. The predicted molar refractivity (Wildman–Crippen MR) is 65.7 cm³/mol. The number of carbonyl (C=O) groups is 1. The number of rotatable bonds is 4. The Morgan fingerprint density at radius 3 is 2.94 bits per heavy atom. The summed E-state index contributed by atoms with van der Waals surface area (Å²) in [6, 6.07) is 4.38. The molecule has 1 saturated carbocycles. The Labute approximate surface area is 101 Å². The molecule has 1 fully saturated rings. The first kappa shape index (κ1) is 11.6. The van der Waals surface area contributed by atoms with E-state index < -0.39 is 0 Å². The molecule has 1 heterocycles. The van der Waals surface area contributed by atoms with E-state index in [1.54, 1.807) is 0 Å². The molecule has 3 heteroatoms. The number of carbonyl (C=O) groups excluding carboxylic acids is 1. The topological polar surface area (TPSA) is 26.3 Å². The molecular weight excluding hydrogens is 220 g/mol. The molecule has 0 amide bonds. The lowest BCUT2D eigenvalue weighted by molar-refractivity contribution is -0.142. The van der Waals surface area contributed by atoms with Gasteiger partial charge in [-0.05, 0) is 43.7 Å². The second-order valence-corrected chi connectivity index (χ2v) is 6.03. The molecule has 0 spiro atoms. The van der Waals surface area contributed by atoms with Crippen molar-refractivity contribution in [1.29, 1.82) is 0 Å². The van der Waals surface area contributed by atoms with Crippen LogP contribution in [0.2, 0.25) is 0 Å². The highest BCUT2D eigenvalue weighted by molar-refractivity contribution is 7.12. The molecule has 1 aromatic rings. The predicted octanol–water partition coefficient (Wildman–Crippen LogP) is 3.36. The van der Waals surface area contributed by atoms with Gasteiger partial charge in [-0.3, -0.25) is 4.79 Å². The lowest BCUT2D eigenvalue weighted by Crippen LogP contribution is -2.05. The molecule has 88 valence electrons. The summed E-state index contributed by atoms with van der Waals surface area (Å²) in [6.45, 7) is 4.38. The van der Waals surface area contributed by atoms with Crippen LogP contribution in [-0.2, 0) is 9.53 Å². The first-order chi connectivity index (χ1) is 7.61. The van der Waals surface area contributed by atoms with Crippen molar-refractivity contribution in [3.63, 3.8) is 0 Å². The summed E-state index contributed by atoms with van der Waals surface area (Å²) >= 11 is 1.86. The van der Waals surface area contributed by atoms with Crippen molar-refractivity contribution in [2.75, 3.05) is 7.11 Å². The lowest BCUT2D eigenvalue weighted by atomic mass is 10.0. The summed E-state index contributed by atoms with van der Waals surface area (Å²) in [7, 11) is 1.48. The molecule has 0 aromatic carbocycles. The Bertz CT molecular complexity index is 383. The van der Waals surface area contributed by atoms with Crippen molar-refractivity contribution in [2.24, 2.45) is 11.8 Å². The Morgan fingerprint density at radius 2 is 2.38 bits per heavy atom. The largest absolute Gasteiger partial charge is 0.469 e. The van der Waals surface area contributed by atoms with Crippen LogP contribution < -0.4 is 0 Å². The molecule has 3 atom stereocenters. The van der Waals surface area contributed by atoms with E-state index in [4.69, 9.17) is 4.74 Å². The molecule has 0 saturated heterocycles. The van der Waals surface area contributed by atoms with Gasteiger partial charge in [0, 0.05) is 9.75 Å². The number of methoxy groups -OCH3 is 1. The number of hydrogen-bond acceptors (Lipinski definition) is 3. The van der Waals surface area contributed by atoms with Crippen molar-refractivity contribution in [3.05, 3.63) is 21.9 Å². The average molecular weight is 238 g/mol. The van der Waals surface area contributed by atoms with Gasteiger partial charge in [0.05, 0.1) is 13.0 Å². The minimum atomic E-state index is -0.0282. The van der Waals surface area contributed by atoms with Crippen molar-refractivity contribution in [1.82, 2.24) is 0 Å². The van der Waals surface area contributed by atoms with Crippen LogP contribution in [0.25, 0.3) is 0 Å². The fraction of sp³-hybridized carbons (Fsp3) is 0.615. The van der Waals surface area contributed by atoms with Gasteiger partial charge in [-0.1, -0.05) is 6.92 Å². The summed E-state index contributed by atoms with van der Waals surface area (Å²) < 4.78 is 4.76. The highest BCUT2D eigenvalue weighted by atomic mass is 32.1. The summed E-state index contributed by atoms with van der Waals surface area (Å²) in [5.41, 5.74) is 0. The molecule has 1 aliphatic rings. The summed E-state index contributed by atoms with van der Waals surface area (Å²) in [5, 5.41) is 0. The zero-order valence-electron chi connectivity index (χ0n) is 10.0. The molecule has 2 rings (SSSR count). The Kier molecular flexibility index (Phi) is 3.33. The smallest absolute Gasteiger partial charge is 0.308 e. The fourth-order valence-corrected chi connectivity index (χ4v) is 3.18. The monoisotopic (exact) mass is 238 g/mol. The maximum absolute atomic E-state index is 11.3. The van der Waals surface area contributed by atoms with E-state index in [1.807, 2.05) is 11.3 Å². The van der Waals surface area contributed by atoms with Crippen LogP contribution in [0.4, 0.5) is 0 Å². The van der Waals surface area contributed by atoms with E-state index in [2.05, 4.69) is 26.0 Å². The fourth-order valence-electron chi connectivity index (χ4n) is 2.24. The number of aryl methyl sites for hydroxylation is 1. The minimum absolute atomic E-state index is 0.0282. The zero-order chi connectivity index (χ0) is 11.7. The molecule has 0 bridgehead atoms. The average Bonchev–Trinajstić information content (AvgIpc) is 2.89. The van der Waals surface area contributed by atoms with E-state index in [-0.39, 0.29) is 11.9 Å². The summed E-state index contributed by atoms with van der Waals surface area (Å²) in [6.07, 6.45) is 2.13. The summed E-state index contributed by atoms with van der Waals surface area (Å²) in [5.74, 6) is 1.26. The molecule has 0 radical (unpaired) electrons. The maximum atomic E-state index is 11.3. The van der Waals surface area contributed by atoms with Crippen molar-refractivity contribution < 1.29 is 9.53 Å². The van der Waals surface area contributed by atoms with Crippen molar-refractivity contribution in [2.45, 2.75) is 32.6 Å². The lowest BCUT2D eigenvalue weighted by Gasteiger charge is -2.08. The molecule has 0 N–H and O–H groups in total. The molecule has 16 heavy (non-hydrogen) atoms. The van der Waals surface area contributed by atoms with Gasteiger partial charge in [0.2, 0.25) is 0 Å². The number of esters is 1. The van der Waals surface area contributed by atoms with Gasteiger partial charge >= 0.3 is 5.97 Å². The second-order valence-electron chi connectivity index (χ2n) is 4.71. The highest BCUT2D eigenvalue weighted by Gasteiger charge is 2.44. The number of thiophene rings is 1. The third-order valence-electron chi connectivity index (χ3n) is 3.33. The molecule has 1 aromatic heterocycles. The highest BCUT2D eigenvalue weighted by Crippen LogP contribution is 2.46. The quantitative estimate of drug-likeness (QED) is 0.752. The van der Waals surface area contributed by atoms with Crippen LogP contribution in [0.15, 0.2) is 12.1 Å². The van der Waals surface area contributed by atoms with Gasteiger partial charge in [0.25, 0.3) is 0 Å². The number of ether oxygens (including phenoxy) is 1. The molecule has 1 aliphatic carbocycles. The molecular formula is C13H18O2S. The van der Waals surface area contributed by atoms with E-state index in [0.29, 0.717) is 11.8 Å². The third-order valence-corrected chi connectivity index (χ3v) is 4.56. The van der Waals surface area contributed by atoms with Crippen LogP contribution in [0.5, 0.6) is 0 Å². The first-order valence-corrected chi connectivity index (χ1v) is 6.57. The standard InChI is InChI=1S/C13H18O2S/c1-8(12-5-4-9(2)16-12)6-10-7-11(10)13(14)15-3/h4-5,8,10-11H,6-7H2,1-3H3. The minimum Gasteiger partial charge on any atom is -0.469 e. The van der Waals surface area contributed by atoms with Gasteiger partial charge in [0.1, 0.15) is 0 Å². The van der Waals surface area contributed by atoms with Crippen LogP contribution in [0.1, 0.15) is 35.4 Å². The second kappa shape index (κ2) is 4.58. The SMILES string of the molecule is COC(=O)C1CC1CC(C)c1ccc(C)s1. The van der Waals surface area contributed by atoms with Gasteiger partial charge in [0.15, 0.2) is 0 Å². The van der Waals surface area contributed by atoms with Crippen molar-refractivity contribution >= 4 is 17.3 Å². The van der Waals surface area contributed by atoms with E-state index in [9.17, 15) is 4.79 Å². The van der Waals surface area contributed by atoms with Crippen molar-refractivity contribution in [3.8, 4) is 0 Å². The van der Waals surface area contributed by atoms with Gasteiger partial charge < -0.3 is 4.74 Å². The van der Waals surface area contributed by atoms with Crippen LogP contribution in [-0.4, -0.2) is 13.1 Å². The third kappa shape index (κ3) is 2.46. The van der Waals surface area contributed by atoms with Crippen LogP contribution >= 0.6 is 11.3 Å². The van der Waals surface area contributed by atoms with E-state index >= 15 is 0 Å². The van der Waals surface area contributed by atoms with E-state index in [1.165, 1.54) is 16.9 Å². The Hall–Kier alpha value is -0.830. The van der Waals surface area contributed by atoms with Crippen LogP contribution in [0, 0.1) is 18.8 Å². The molecule has 3 unspecified atom stereocenters. The van der Waals surface area contributed by atoms with Gasteiger partial charge in [-0.2, -0.15) is 0 Å². The van der Waals surface area contributed by atoms with E-state index in [0.717, 1.165) is 12.8 Å². The van der Waals surface area contributed by atoms with Crippen LogP contribution in [0.3, 0.4) is 0 Å². The summed E-state index contributed by atoms with van der Waals surface area (Å²) in [4.78, 5) is 14.1. The Morgan fingerprint density at radius 1 is 1.62 bits per heavy atom. The Balaban J connectivity index is 1.86.